The molecular formula is C52H64ClFN6O6S. The number of nitrogens with zero attached hydrogens (tertiary/aromatic N) is 3. The van der Waals surface area contributed by atoms with Crippen LogP contribution in [0.2, 0.25) is 5.02 Å². The molecule has 2 fully saturated rings. The Labute approximate surface area is 402 Å². The van der Waals surface area contributed by atoms with Gasteiger partial charge in [0.15, 0.2) is 0 Å². The monoisotopic (exact) mass is 954 g/mol. The summed E-state index contributed by atoms with van der Waals surface area (Å²) >= 11 is 8.06. The summed E-state index contributed by atoms with van der Waals surface area (Å²) in [4.78, 5) is 52.4. The first-order valence-corrected chi connectivity index (χ1v) is 24.8. The lowest BCUT2D eigenvalue weighted by Crippen LogP contribution is -2.57. The highest BCUT2D eigenvalue weighted by molar-refractivity contribution is 7.13. The highest BCUT2D eigenvalue weighted by Crippen LogP contribution is 2.41. The van der Waals surface area contributed by atoms with Gasteiger partial charge in [-0.05, 0) is 116 Å². The third-order valence-corrected chi connectivity index (χ3v) is 14.4. The molecule has 0 radical (unpaired) electrons. The van der Waals surface area contributed by atoms with Crippen LogP contribution in [-0.2, 0) is 30.4 Å². The van der Waals surface area contributed by atoms with Crippen LogP contribution in [0.4, 0.5) is 10.1 Å². The van der Waals surface area contributed by atoms with Crippen molar-refractivity contribution in [3.63, 3.8) is 0 Å². The number of nitrogens with one attached hydrogen (secondary N) is 3. The smallest absolute Gasteiger partial charge is 0.243 e. The first-order chi connectivity index (χ1) is 32.3. The van der Waals surface area contributed by atoms with Gasteiger partial charge in [-0.15, -0.1) is 11.3 Å². The van der Waals surface area contributed by atoms with E-state index >= 15 is 0 Å². The summed E-state index contributed by atoms with van der Waals surface area (Å²) in [5.74, 6) is 0.277. The highest BCUT2D eigenvalue weighted by Gasteiger charge is 2.41. The minimum Gasteiger partial charge on any atom is -0.490 e. The molecule has 0 spiro atoms. The van der Waals surface area contributed by atoms with Crippen LogP contribution in [0.5, 0.6) is 5.75 Å². The molecule has 0 bridgehead atoms. The topological polar surface area (TPSA) is 144 Å². The molecule has 3 aromatic carbocycles. The van der Waals surface area contributed by atoms with Crippen LogP contribution >= 0.6 is 22.9 Å². The SMILES string of the molecule is Cc1ncsc1-c1ccc(CNC(=O)[C@@H]2CCCN2C(=O)[C@@H](NCCOCCOCCOc2cc(NC(=O)[C@H](C)[C@H]3CC[C@@H](c4ccnc5ccc(F)cc54)CC3)ccc2Cl)C(C)(C)C)cc1. The summed E-state index contributed by atoms with van der Waals surface area (Å²) in [5.41, 5.74) is 7.09. The maximum absolute atomic E-state index is 14.1. The predicted octanol–water partition coefficient (Wildman–Crippen LogP) is 9.73. The molecule has 5 aromatic rings. The zero-order chi connectivity index (χ0) is 47.5. The number of fused-ring (bicyclic) bond motifs is 1. The summed E-state index contributed by atoms with van der Waals surface area (Å²) < 4.78 is 31.6. The molecule has 1 aliphatic carbocycles. The second-order valence-corrected chi connectivity index (χ2v) is 20.1. The van der Waals surface area contributed by atoms with Crippen molar-refractivity contribution in [1.82, 2.24) is 25.5 Å². The number of carbonyl (C=O) groups is 3. The van der Waals surface area contributed by atoms with Gasteiger partial charge in [0.05, 0.1) is 59.1 Å². The molecule has 12 nitrogen and oxygen atoms in total. The van der Waals surface area contributed by atoms with Gasteiger partial charge in [-0.2, -0.15) is 0 Å². The van der Waals surface area contributed by atoms with Crippen LogP contribution < -0.4 is 20.7 Å². The number of aryl methyl sites for hydroxylation is 1. The Morgan fingerprint density at radius 2 is 1.66 bits per heavy atom. The summed E-state index contributed by atoms with van der Waals surface area (Å²) in [7, 11) is 0. The van der Waals surface area contributed by atoms with Gasteiger partial charge < -0.3 is 35.1 Å². The van der Waals surface area contributed by atoms with Gasteiger partial charge in [-0.3, -0.25) is 19.4 Å². The van der Waals surface area contributed by atoms with Gasteiger partial charge in [0.1, 0.15) is 24.2 Å². The van der Waals surface area contributed by atoms with E-state index in [-0.39, 0.29) is 42.0 Å². The van der Waals surface area contributed by atoms with E-state index in [0.717, 1.165) is 70.3 Å². The fraction of sp³-hybridized carbons (Fsp3) is 0.481. The van der Waals surface area contributed by atoms with Gasteiger partial charge in [0, 0.05) is 48.9 Å². The second-order valence-electron chi connectivity index (χ2n) is 18.8. The maximum Gasteiger partial charge on any atom is 0.243 e. The van der Waals surface area contributed by atoms with Gasteiger partial charge in [-0.25, -0.2) is 9.37 Å². The molecule has 3 atom stereocenters. The van der Waals surface area contributed by atoms with E-state index in [4.69, 9.17) is 25.8 Å². The second kappa shape index (κ2) is 23.3. The van der Waals surface area contributed by atoms with Gasteiger partial charge in [0.25, 0.3) is 0 Å². The van der Waals surface area contributed by atoms with Gasteiger partial charge in [-0.1, -0.05) is 63.6 Å². The number of rotatable bonds is 20. The molecule has 0 unspecified atom stereocenters. The quantitative estimate of drug-likeness (QED) is 0.0650. The third kappa shape index (κ3) is 13.2. The third-order valence-electron chi connectivity index (χ3n) is 13.1. The van der Waals surface area contributed by atoms with Crippen molar-refractivity contribution >= 4 is 57.2 Å². The van der Waals surface area contributed by atoms with Crippen LogP contribution in [0.1, 0.15) is 89.0 Å². The van der Waals surface area contributed by atoms with E-state index in [9.17, 15) is 18.8 Å². The summed E-state index contributed by atoms with van der Waals surface area (Å²) in [6.07, 6.45) is 6.87. The van der Waals surface area contributed by atoms with Crippen LogP contribution in [0.25, 0.3) is 21.3 Å². The Morgan fingerprint density at radius 1 is 0.910 bits per heavy atom. The van der Waals surface area contributed by atoms with Crippen molar-refractivity contribution in [2.75, 3.05) is 51.4 Å². The number of ether oxygens (including phenoxy) is 3. The van der Waals surface area contributed by atoms with Gasteiger partial charge in [0.2, 0.25) is 17.7 Å². The normalized spacial score (nSPS) is 18.4. The fourth-order valence-electron chi connectivity index (χ4n) is 9.29. The first-order valence-electron chi connectivity index (χ1n) is 23.5. The van der Waals surface area contributed by atoms with Crippen molar-refractivity contribution in [3.05, 3.63) is 106 Å². The number of amides is 3. The summed E-state index contributed by atoms with van der Waals surface area (Å²) in [6, 6.07) is 19.1. The number of likely N-dealkylation sites (tertiary alicyclic amines) is 1. The molecule has 67 heavy (non-hydrogen) atoms. The maximum atomic E-state index is 14.1. The molecule has 2 aromatic heterocycles. The molecule has 7 rings (SSSR count). The number of benzene rings is 3. The largest absolute Gasteiger partial charge is 0.490 e. The Morgan fingerprint density at radius 3 is 2.39 bits per heavy atom. The lowest BCUT2D eigenvalue weighted by atomic mass is 9.73. The number of carbonyl (C=O) groups excluding carboxylic acids is 3. The molecular weight excluding hydrogens is 891 g/mol. The van der Waals surface area contributed by atoms with Crippen LogP contribution in [0.3, 0.4) is 0 Å². The summed E-state index contributed by atoms with van der Waals surface area (Å²) in [5, 5.41) is 10.8. The van der Waals surface area contributed by atoms with Crippen molar-refractivity contribution < 1.29 is 33.0 Å². The van der Waals surface area contributed by atoms with Crippen molar-refractivity contribution in [1.29, 1.82) is 0 Å². The Bertz CT molecular complexity index is 2460. The van der Waals surface area contributed by atoms with E-state index in [2.05, 4.69) is 38.1 Å². The average Bonchev–Trinajstić information content (AvgIpc) is 4.00. The molecule has 1 saturated heterocycles. The number of hydrogen-bond donors (Lipinski definition) is 3. The Hall–Kier alpha value is -4.99. The molecule has 358 valence electrons. The van der Waals surface area contributed by atoms with Crippen molar-refractivity contribution in [2.45, 2.75) is 97.7 Å². The van der Waals surface area contributed by atoms with Crippen LogP contribution in [-0.4, -0.2) is 90.8 Å². The first kappa shape index (κ1) is 49.9. The standard InChI is InChI=1S/C52H64ClFN6O6S/c1-33(36-12-14-37(15-13-36)41-20-21-55-44-19-16-39(54)29-42(41)44)49(61)59-40-17-18-43(53)46(30-40)66-28-27-65-26-25-64-24-22-56-48(52(3,4)5)51(63)60-23-6-7-45(60)50(62)57-31-35-8-10-38(11-9-35)47-34(2)58-32-67-47/h8-11,16-21,29-30,32-33,36-37,45,48,56H,6-7,12-15,22-28,31H2,1-5H3,(H,57,62)(H,59,61)/t33-,36-,37+,45+,48-/m1/s1. The molecule has 3 N–H and O–H groups in total. The number of anilines is 1. The van der Waals surface area contributed by atoms with E-state index in [0.29, 0.717) is 74.9 Å². The predicted molar refractivity (Wildman–Crippen MR) is 263 cm³/mol. The zero-order valence-corrected chi connectivity index (χ0v) is 40.8. The number of halogens is 2. The van der Waals surface area contributed by atoms with Crippen LogP contribution in [0, 0.1) is 30.0 Å². The van der Waals surface area contributed by atoms with E-state index in [1.54, 1.807) is 52.8 Å². The summed E-state index contributed by atoms with van der Waals surface area (Å²) in [6.45, 7) is 13.1. The van der Waals surface area contributed by atoms with E-state index in [1.807, 2.05) is 58.3 Å². The Balaban J connectivity index is 0.772. The lowest BCUT2D eigenvalue weighted by molar-refractivity contribution is -0.142. The lowest BCUT2D eigenvalue weighted by Gasteiger charge is -2.35. The van der Waals surface area contributed by atoms with E-state index in [1.165, 1.54) is 6.07 Å². The van der Waals surface area contributed by atoms with Gasteiger partial charge >= 0.3 is 0 Å². The van der Waals surface area contributed by atoms with Crippen molar-refractivity contribution in [3.8, 4) is 16.2 Å². The number of pyridine rings is 1. The number of hydrogen-bond acceptors (Lipinski definition) is 10. The minimum absolute atomic E-state index is 0.0515. The minimum atomic E-state index is -0.510. The highest BCUT2D eigenvalue weighted by atomic mass is 35.5. The van der Waals surface area contributed by atoms with Crippen LogP contribution in [0.15, 0.2) is 78.4 Å². The molecule has 2 aliphatic rings. The molecule has 1 saturated carbocycles. The zero-order valence-electron chi connectivity index (χ0n) is 39.2. The average molecular weight is 956 g/mol. The number of thiazole rings is 1. The fourth-order valence-corrected chi connectivity index (χ4v) is 10.3. The van der Waals surface area contributed by atoms with E-state index < -0.39 is 17.5 Å². The molecule has 15 heteroatoms. The number of aromatic nitrogens is 2. The molecule has 1 aliphatic heterocycles. The van der Waals surface area contributed by atoms with Crippen molar-refractivity contribution in [2.24, 2.45) is 17.3 Å². The molecule has 3 amide bonds. The molecule has 3 heterocycles. The Kier molecular flexibility index (Phi) is 17.4.